The third-order valence-electron chi connectivity index (χ3n) is 17.9. The zero-order valence-electron chi connectivity index (χ0n) is 35.8. The van der Waals surface area contributed by atoms with Crippen molar-refractivity contribution in [1.29, 1.82) is 0 Å². The summed E-state index contributed by atoms with van der Waals surface area (Å²) >= 11 is 0. The van der Waals surface area contributed by atoms with Crippen LogP contribution < -0.4 is 10.1 Å². The van der Waals surface area contributed by atoms with Crippen molar-refractivity contribution in [3.05, 3.63) is 58.7 Å². The third kappa shape index (κ3) is 7.62. The number of ether oxygens (including phenoxy) is 1. The average Bonchev–Trinajstić information content (AvgIpc) is 3.20. The van der Waals surface area contributed by atoms with Crippen molar-refractivity contribution in [2.75, 3.05) is 31.5 Å². The number of benzene rings is 2. The van der Waals surface area contributed by atoms with Crippen LogP contribution in [0.4, 0.5) is 5.69 Å². The lowest BCUT2D eigenvalue weighted by Crippen LogP contribution is -2.61. The van der Waals surface area contributed by atoms with E-state index in [4.69, 9.17) is 4.74 Å². The summed E-state index contributed by atoms with van der Waals surface area (Å²) in [6.07, 6.45) is 31.5. The van der Waals surface area contributed by atoms with Gasteiger partial charge in [-0.2, -0.15) is 0 Å². The zero-order valence-corrected chi connectivity index (χ0v) is 35.8. The molecule has 58 heavy (non-hydrogen) atoms. The van der Waals surface area contributed by atoms with E-state index in [1.165, 1.54) is 153 Å². The van der Waals surface area contributed by atoms with Gasteiger partial charge in [0.25, 0.3) is 0 Å². The van der Waals surface area contributed by atoms with Crippen LogP contribution in [0.15, 0.2) is 36.4 Å². The van der Waals surface area contributed by atoms with Crippen molar-refractivity contribution >= 4 is 17.6 Å². The van der Waals surface area contributed by atoms with Crippen molar-refractivity contribution in [3.8, 4) is 5.75 Å². The second-order valence-corrected chi connectivity index (χ2v) is 21.0. The molecule has 8 aliphatic rings. The normalized spacial score (nSPS) is 31.8. The van der Waals surface area contributed by atoms with Crippen molar-refractivity contribution in [2.24, 2.45) is 23.7 Å². The average molecular weight is 788 g/mol. The molecule has 6 nitrogen and oxygen atoms in total. The SMILES string of the molecule is O=C(CCCCCCCCC(=O)Oc1ccc2c(c1)[C@@]13CCCC[C@@H]1[C@@H](C2)N(CC1CCC1)CC3)Nc1ccc2c(c1)[C@]13CCCC[C@H]1[C@H](C2)N(CC1CCC1)CC3. The first-order chi connectivity index (χ1) is 28.5. The van der Waals surface area contributed by atoms with Crippen LogP contribution in [0.2, 0.25) is 0 Å². The van der Waals surface area contributed by atoms with Gasteiger partial charge >= 0.3 is 5.97 Å². The molecule has 6 aliphatic carbocycles. The number of rotatable bonds is 15. The summed E-state index contributed by atoms with van der Waals surface area (Å²) in [5.74, 6) is 4.24. The Kier molecular flexibility index (Phi) is 11.5. The summed E-state index contributed by atoms with van der Waals surface area (Å²) < 4.78 is 6.01. The molecule has 6 fully saturated rings. The Morgan fingerprint density at radius 2 is 1.16 bits per heavy atom. The number of carbonyl (C=O) groups excluding carboxylic acids is 2. The smallest absolute Gasteiger partial charge is 0.311 e. The minimum Gasteiger partial charge on any atom is -0.427 e. The van der Waals surface area contributed by atoms with E-state index in [9.17, 15) is 9.59 Å². The van der Waals surface area contributed by atoms with Crippen LogP contribution in [0.25, 0.3) is 0 Å². The highest BCUT2D eigenvalue weighted by Crippen LogP contribution is 2.58. The number of amides is 1. The number of unbranched alkanes of at least 4 members (excludes halogenated alkanes) is 5. The standard InChI is InChI=1S/C52H73N3O3/c56-49(53-41-23-21-39-31-47-43-17-7-9-25-51(43,45(39)33-41)27-29-54(47)35-37-13-11-14-37)19-5-3-1-2-4-6-20-50(57)58-42-24-22-40-32-48-44-18-8-10-26-52(44,46(40)34-42)28-30-55(48)36-38-15-12-16-38/h21-24,33-34,37-38,43-44,47-48H,1-20,25-32,35-36H2,(H,53,56)/t43-,44+,47-,48+,51-,52+/m0/s1. The van der Waals surface area contributed by atoms with Crippen LogP contribution >= 0.6 is 0 Å². The van der Waals surface area contributed by atoms with E-state index in [1.807, 2.05) is 0 Å². The lowest BCUT2D eigenvalue weighted by Gasteiger charge is -2.59. The lowest BCUT2D eigenvalue weighted by molar-refractivity contribution is -0.134. The van der Waals surface area contributed by atoms with Gasteiger partial charge in [-0.25, -0.2) is 0 Å². The summed E-state index contributed by atoms with van der Waals surface area (Å²) in [6, 6.07) is 15.0. The quantitative estimate of drug-likeness (QED) is 0.111. The summed E-state index contributed by atoms with van der Waals surface area (Å²) in [5.41, 5.74) is 7.77. The first kappa shape index (κ1) is 39.4. The number of nitrogens with zero attached hydrogens (tertiary/aromatic N) is 2. The van der Waals surface area contributed by atoms with Gasteiger partial charge in [0.15, 0.2) is 0 Å². The van der Waals surface area contributed by atoms with Crippen LogP contribution in [0.3, 0.4) is 0 Å². The summed E-state index contributed by atoms with van der Waals surface area (Å²) in [4.78, 5) is 31.9. The lowest BCUT2D eigenvalue weighted by atomic mass is 9.52. The number of likely N-dealkylation sites (tertiary alicyclic amines) is 2. The molecule has 0 spiro atoms. The number of piperidine rings is 2. The van der Waals surface area contributed by atoms with Gasteiger partial charge in [-0.1, -0.05) is 76.3 Å². The van der Waals surface area contributed by atoms with Gasteiger partial charge in [0, 0.05) is 54.5 Å². The molecule has 2 aromatic carbocycles. The first-order valence-electron chi connectivity index (χ1n) is 24.7. The fourth-order valence-electron chi connectivity index (χ4n) is 14.4. The monoisotopic (exact) mass is 788 g/mol. The minimum atomic E-state index is -0.0895. The Labute approximate surface area is 350 Å². The van der Waals surface area contributed by atoms with Gasteiger partial charge in [0.1, 0.15) is 5.75 Å². The first-order valence-corrected chi connectivity index (χ1v) is 24.7. The Hall–Kier alpha value is -2.70. The Balaban J connectivity index is 0.649. The van der Waals surface area contributed by atoms with E-state index in [1.54, 1.807) is 11.1 Å². The third-order valence-corrected chi connectivity index (χ3v) is 17.9. The van der Waals surface area contributed by atoms with E-state index >= 15 is 0 Å². The molecule has 1 amide bonds. The molecule has 0 aromatic heterocycles. The summed E-state index contributed by atoms with van der Waals surface area (Å²) in [6.45, 7) is 5.14. The molecule has 4 saturated carbocycles. The summed E-state index contributed by atoms with van der Waals surface area (Å²) in [5, 5.41) is 3.30. The van der Waals surface area contributed by atoms with E-state index in [0.717, 1.165) is 73.6 Å². The molecule has 0 unspecified atom stereocenters. The second kappa shape index (κ2) is 17.0. The van der Waals surface area contributed by atoms with E-state index in [0.29, 0.717) is 30.3 Å². The number of carbonyl (C=O) groups is 2. The fourth-order valence-corrected chi connectivity index (χ4v) is 14.4. The van der Waals surface area contributed by atoms with Crippen molar-refractivity contribution in [3.63, 3.8) is 0 Å². The van der Waals surface area contributed by atoms with E-state index in [-0.39, 0.29) is 17.3 Å². The molecular formula is C52H73N3O3. The molecule has 6 atom stereocenters. The predicted molar refractivity (Wildman–Crippen MR) is 233 cm³/mol. The number of hydrogen-bond donors (Lipinski definition) is 1. The molecule has 6 heteroatoms. The van der Waals surface area contributed by atoms with Gasteiger partial charge in [-0.3, -0.25) is 19.4 Å². The molecule has 2 heterocycles. The largest absolute Gasteiger partial charge is 0.427 e. The van der Waals surface area contributed by atoms with Crippen molar-refractivity contribution in [2.45, 2.75) is 190 Å². The maximum atomic E-state index is 13.1. The molecule has 314 valence electrons. The molecule has 0 radical (unpaired) electrons. The summed E-state index contributed by atoms with van der Waals surface area (Å²) in [7, 11) is 0. The molecule has 10 rings (SSSR count). The number of esters is 1. The van der Waals surface area contributed by atoms with Crippen LogP contribution in [0.1, 0.15) is 176 Å². The Morgan fingerprint density at radius 1 is 0.603 bits per heavy atom. The zero-order chi connectivity index (χ0) is 39.1. The van der Waals surface area contributed by atoms with Gasteiger partial charge in [-0.05, 0) is 173 Å². The maximum absolute atomic E-state index is 13.1. The Morgan fingerprint density at radius 3 is 1.74 bits per heavy atom. The molecule has 2 aliphatic heterocycles. The van der Waals surface area contributed by atoms with Crippen LogP contribution in [0, 0.1) is 23.7 Å². The highest BCUT2D eigenvalue weighted by atomic mass is 16.5. The highest BCUT2D eigenvalue weighted by Gasteiger charge is 2.55. The van der Waals surface area contributed by atoms with Gasteiger partial charge in [0.05, 0.1) is 0 Å². The molecular weight excluding hydrogens is 715 g/mol. The number of hydrogen-bond acceptors (Lipinski definition) is 5. The maximum Gasteiger partial charge on any atom is 0.311 e. The second-order valence-electron chi connectivity index (χ2n) is 21.0. The topological polar surface area (TPSA) is 61.9 Å². The number of fused-ring (bicyclic) bond motifs is 2. The number of anilines is 1. The van der Waals surface area contributed by atoms with Gasteiger partial charge in [0.2, 0.25) is 5.91 Å². The van der Waals surface area contributed by atoms with Crippen molar-refractivity contribution < 1.29 is 14.3 Å². The predicted octanol–water partition coefficient (Wildman–Crippen LogP) is 11.1. The van der Waals surface area contributed by atoms with Crippen molar-refractivity contribution in [1.82, 2.24) is 9.80 Å². The van der Waals surface area contributed by atoms with Gasteiger partial charge in [-0.15, -0.1) is 0 Å². The molecule has 2 saturated heterocycles. The molecule has 4 bridgehead atoms. The van der Waals surface area contributed by atoms with Crippen LogP contribution in [0.5, 0.6) is 5.75 Å². The number of nitrogens with one attached hydrogen (secondary N) is 1. The van der Waals surface area contributed by atoms with Crippen LogP contribution in [-0.4, -0.2) is 59.9 Å². The van der Waals surface area contributed by atoms with Crippen LogP contribution in [-0.2, 0) is 33.3 Å². The highest BCUT2D eigenvalue weighted by molar-refractivity contribution is 5.90. The minimum absolute atomic E-state index is 0.0895. The van der Waals surface area contributed by atoms with E-state index in [2.05, 4.69) is 51.5 Å². The fraction of sp³-hybridized carbons (Fsp3) is 0.731. The van der Waals surface area contributed by atoms with Gasteiger partial charge < -0.3 is 10.1 Å². The molecule has 1 N–H and O–H groups in total. The Bertz CT molecular complexity index is 1670. The van der Waals surface area contributed by atoms with E-state index < -0.39 is 0 Å². The molecule has 2 aromatic rings.